The Bertz CT molecular complexity index is 476. The second-order valence-corrected chi connectivity index (χ2v) is 6.02. The maximum Gasteiger partial charge on any atom is 0.255 e. The molecule has 2 N–H and O–H groups in total. The van der Waals surface area contributed by atoms with Crippen LogP contribution in [0.4, 0.5) is 5.69 Å². The minimum atomic E-state index is 0.0344. The smallest absolute Gasteiger partial charge is 0.255 e. The van der Waals surface area contributed by atoms with Crippen LogP contribution in [0.2, 0.25) is 5.02 Å². The summed E-state index contributed by atoms with van der Waals surface area (Å²) >= 11 is 6.14. The molecule has 4 heteroatoms. The molecular formula is C16H23ClN2O. The maximum absolute atomic E-state index is 12.5. The van der Waals surface area contributed by atoms with Crippen molar-refractivity contribution in [2.75, 3.05) is 18.8 Å². The van der Waals surface area contributed by atoms with Crippen molar-refractivity contribution in [3.63, 3.8) is 0 Å². The predicted octanol–water partition coefficient (Wildman–Crippen LogP) is 3.96. The zero-order valence-corrected chi connectivity index (χ0v) is 12.8. The van der Waals surface area contributed by atoms with Crippen molar-refractivity contribution in [3.8, 4) is 0 Å². The first-order chi connectivity index (χ1) is 9.61. The summed E-state index contributed by atoms with van der Waals surface area (Å²) < 4.78 is 0. The van der Waals surface area contributed by atoms with Crippen LogP contribution in [0.5, 0.6) is 0 Å². The average Bonchev–Trinajstić information content (AvgIpc) is 2.64. The first-order valence-electron chi connectivity index (χ1n) is 7.46. The molecule has 0 bridgehead atoms. The average molecular weight is 295 g/mol. The van der Waals surface area contributed by atoms with Gasteiger partial charge in [-0.1, -0.05) is 31.4 Å². The molecule has 1 aliphatic heterocycles. The molecule has 1 aromatic rings. The van der Waals surface area contributed by atoms with Gasteiger partial charge < -0.3 is 10.6 Å². The number of hydrogen-bond donors (Lipinski definition) is 1. The van der Waals surface area contributed by atoms with Gasteiger partial charge in [-0.3, -0.25) is 4.79 Å². The summed E-state index contributed by atoms with van der Waals surface area (Å²) in [5, 5.41) is 0.448. The first kappa shape index (κ1) is 15.2. The van der Waals surface area contributed by atoms with Crippen LogP contribution in [0.1, 0.15) is 49.4 Å². The molecule has 0 radical (unpaired) electrons. The van der Waals surface area contributed by atoms with Crippen LogP contribution in [0.25, 0.3) is 0 Å². The van der Waals surface area contributed by atoms with E-state index < -0.39 is 0 Å². The maximum atomic E-state index is 12.5. The number of carbonyl (C=O) groups excluding carboxylic acids is 1. The lowest BCUT2D eigenvalue weighted by molar-refractivity contribution is 0.0760. The van der Waals surface area contributed by atoms with Gasteiger partial charge in [0.1, 0.15) is 0 Å². The molecule has 0 saturated carbocycles. The quantitative estimate of drug-likeness (QED) is 0.858. The Kier molecular flexibility index (Phi) is 5.30. The Labute approximate surface area is 126 Å². The van der Waals surface area contributed by atoms with Gasteiger partial charge in [0.2, 0.25) is 0 Å². The van der Waals surface area contributed by atoms with E-state index in [1.54, 1.807) is 18.2 Å². The summed E-state index contributed by atoms with van der Waals surface area (Å²) in [6.45, 7) is 3.89. The van der Waals surface area contributed by atoms with Crippen molar-refractivity contribution in [3.05, 3.63) is 28.8 Å². The molecule has 3 nitrogen and oxygen atoms in total. The van der Waals surface area contributed by atoms with Crippen LogP contribution >= 0.6 is 11.6 Å². The van der Waals surface area contributed by atoms with Crippen molar-refractivity contribution in [2.24, 2.45) is 5.92 Å². The zero-order valence-electron chi connectivity index (χ0n) is 12.1. The number of hydrogen-bond acceptors (Lipinski definition) is 2. The van der Waals surface area contributed by atoms with Crippen LogP contribution in [0, 0.1) is 5.92 Å². The fraction of sp³-hybridized carbons (Fsp3) is 0.562. The van der Waals surface area contributed by atoms with Crippen LogP contribution in [0.15, 0.2) is 18.2 Å². The number of amides is 1. The summed E-state index contributed by atoms with van der Waals surface area (Å²) in [6, 6.07) is 5.11. The summed E-state index contributed by atoms with van der Waals surface area (Å²) in [6.07, 6.45) is 5.91. The second kappa shape index (κ2) is 6.98. The van der Waals surface area contributed by atoms with Gasteiger partial charge in [-0.05, 0) is 43.4 Å². The Hall–Kier alpha value is -1.22. The van der Waals surface area contributed by atoms with Gasteiger partial charge in [0.05, 0.1) is 10.6 Å². The molecule has 0 aromatic heterocycles. The summed E-state index contributed by atoms with van der Waals surface area (Å²) in [5.74, 6) is 0.798. The number of benzene rings is 1. The molecule has 0 spiro atoms. The topological polar surface area (TPSA) is 46.3 Å². The van der Waals surface area contributed by atoms with Crippen LogP contribution in [0.3, 0.4) is 0 Å². The Morgan fingerprint density at radius 3 is 2.90 bits per heavy atom. The van der Waals surface area contributed by atoms with E-state index in [1.807, 2.05) is 4.90 Å². The van der Waals surface area contributed by atoms with Gasteiger partial charge in [0.15, 0.2) is 0 Å². The van der Waals surface area contributed by atoms with Crippen LogP contribution < -0.4 is 5.73 Å². The Morgan fingerprint density at radius 1 is 1.40 bits per heavy atom. The van der Waals surface area contributed by atoms with Gasteiger partial charge in [-0.25, -0.2) is 0 Å². The van der Waals surface area contributed by atoms with Crippen LogP contribution in [-0.4, -0.2) is 23.9 Å². The largest absolute Gasteiger partial charge is 0.399 e. The number of nitrogens with two attached hydrogens (primary N) is 1. The summed E-state index contributed by atoms with van der Waals surface area (Å²) in [4.78, 5) is 14.5. The van der Waals surface area contributed by atoms with E-state index in [4.69, 9.17) is 17.3 Å². The monoisotopic (exact) mass is 294 g/mol. The number of carbonyl (C=O) groups is 1. The molecular weight excluding hydrogens is 272 g/mol. The van der Waals surface area contributed by atoms with Gasteiger partial charge >= 0.3 is 0 Å². The molecule has 1 saturated heterocycles. The van der Waals surface area contributed by atoms with Gasteiger partial charge in [-0.15, -0.1) is 0 Å². The summed E-state index contributed by atoms with van der Waals surface area (Å²) in [5.41, 5.74) is 6.83. The molecule has 1 fully saturated rings. The lowest BCUT2D eigenvalue weighted by Gasteiger charge is -2.21. The number of likely N-dealkylation sites (tertiary alicyclic amines) is 1. The molecule has 0 aliphatic carbocycles. The molecule has 1 atom stereocenters. The number of halogens is 1. The van der Waals surface area contributed by atoms with Gasteiger partial charge in [0.25, 0.3) is 5.91 Å². The van der Waals surface area contributed by atoms with Crippen molar-refractivity contribution in [1.29, 1.82) is 0 Å². The number of nitrogens with zero attached hydrogens (tertiary/aromatic N) is 1. The normalized spacial score (nSPS) is 19.7. The fourth-order valence-corrected chi connectivity index (χ4v) is 3.21. The molecule has 1 unspecified atom stereocenters. The van der Waals surface area contributed by atoms with E-state index in [1.165, 1.54) is 19.3 Å². The van der Waals surface area contributed by atoms with Gasteiger partial charge in [0, 0.05) is 18.8 Å². The number of nitrogen functional groups attached to an aromatic ring is 1. The van der Waals surface area contributed by atoms with E-state index in [0.717, 1.165) is 31.8 Å². The van der Waals surface area contributed by atoms with E-state index in [9.17, 15) is 4.79 Å². The molecule has 20 heavy (non-hydrogen) atoms. The highest BCUT2D eigenvalue weighted by molar-refractivity contribution is 6.34. The van der Waals surface area contributed by atoms with E-state index >= 15 is 0 Å². The van der Waals surface area contributed by atoms with Gasteiger partial charge in [-0.2, -0.15) is 0 Å². The molecule has 1 aliphatic rings. The third-order valence-corrected chi connectivity index (χ3v) is 4.37. The Morgan fingerprint density at radius 2 is 2.20 bits per heavy atom. The Balaban J connectivity index is 2.05. The van der Waals surface area contributed by atoms with Crippen molar-refractivity contribution in [1.82, 2.24) is 4.90 Å². The van der Waals surface area contributed by atoms with E-state index in [2.05, 4.69) is 6.92 Å². The van der Waals surface area contributed by atoms with Crippen LogP contribution in [-0.2, 0) is 0 Å². The van der Waals surface area contributed by atoms with Crippen molar-refractivity contribution < 1.29 is 4.79 Å². The highest BCUT2D eigenvalue weighted by atomic mass is 35.5. The SMILES string of the molecule is CCCC1CCCN(C(=O)c2ccc(N)cc2Cl)CC1. The fourth-order valence-electron chi connectivity index (χ4n) is 2.94. The second-order valence-electron chi connectivity index (χ2n) is 5.62. The molecule has 1 amide bonds. The lowest BCUT2D eigenvalue weighted by atomic mass is 9.96. The highest BCUT2D eigenvalue weighted by Gasteiger charge is 2.22. The minimum Gasteiger partial charge on any atom is -0.399 e. The lowest BCUT2D eigenvalue weighted by Crippen LogP contribution is -2.32. The van der Waals surface area contributed by atoms with Crippen molar-refractivity contribution >= 4 is 23.2 Å². The third-order valence-electron chi connectivity index (χ3n) is 4.06. The third kappa shape index (κ3) is 3.66. The molecule has 110 valence electrons. The predicted molar refractivity (Wildman–Crippen MR) is 84.0 cm³/mol. The molecule has 1 heterocycles. The number of rotatable bonds is 3. The van der Waals surface area contributed by atoms with E-state index in [0.29, 0.717) is 16.3 Å². The number of anilines is 1. The molecule has 1 aromatic carbocycles. The van der Waals surface area contributed by atoms with E-state index in [-0.39, 0.29) is 5.91 Å². The zero-order chi connectivity index (χ0) is 14.5. The molecule has 2 rings (SSSR count). The van der Waals surface area contributed by atoms with Crippen molar-refractivity contribution in [2.45, 2.75) is 39.0 Å². The minimum absolute atomic E-state index is 0.0344. The standard InChI is InChI=1S/C16H23ClN2O/c1-2-4-12-5-3-9-19(10-8-12)16(20)14-7-6-13(18)11-15(14)17/h6-7,11-12H,2-5,8-10,18H2,1H3. The highest BCUT2D eigenvalue weighted by Crippen LogP contribution is 2.25. The summed E-state index contributed by atoms with van der Waals surface area (Å²) in [7, 11) is 0. The first-order valence-corrected chi connectivity index (χ1v) is 7.84.